The minimum atomic E-state index is 0.0578. The highest BCUT2D eigenvalue weighted by atomic mass is 32.2. The fraction of sp³-hybridized carbons (Fsp3) is 0.500. The number of phenols is 1. The number of nitrogens with zero attached hydrogens (tertiary/aromatic N) is 3. The summed E-state index contributed by atoms with van der Waals surface area (Å²) in [5.41, 5.74) is 0.856. The smallest absolute Gasteiger partial charge is 0.220 e. The molecule has 1 aromatic carbocycles. The fourth-order valence-electron chi connectivity index (χ4n) is 3.98. The van der Waals surface area contributed by atoms with Crippen LogP contribution in [0.15, 0.2) is 53.4 Å². The number of rotatable bonds is 13. The van der Waals surface area contributed by atoms with Gasteiger partial charge in [0.25, 0.3) is 0 Å². The predicted molar refractivity (Wildman–Crippen MR) is 136 cm³/mol. The lowest BCUT2D eigenvalue weighted by Gasteiger charge is -2.26. The Hall–Kier alpha value is -2.74. The van der Waals surface area contributed by atoms with Gasteiger partial charge in [0, 0.05) is 37.1 Å². The van der Waals surface area contributed by atoms with Crippen LogP contribution in [0.5, 0.6) is 5.75 Å². The van der Waals surface area contributed by atoms with Gasteiger partial charge in [0.15, 0.2) is 5.16 Å². The number of hydrogen-bond donors (Lipinski definition) is 2. The predicted octanol–water partition coefficient (Wildman–Crippen LogP) is 5.05. The van der Waals surface area contributed by atoms with E-state index in [1.807, 2.05) is 28.9 Å². The molecule has 7 nitrogen and oxygen atoms in total. The maximum Gasteiger partial charge on any atom is 0.220 e. The van der Waals surface area contributed by atoms with E-state index in [9.17, 15) is 9.90 Å². The van der Waals surface area contributed by atoms with E-state index in [0.717, 1.165) is 53.9 Å². The molecule has 2 N–H and O–H groups in total. The molecule has 0 aliphatic heterocycles. The van der Waals surface area contributed by atoms with Crippen molar-refractivity contribution in [3.8, 4) is 11.4 Å². The number of methoxy groups -OCH3 is 1. The Morgan fingerprint density at radius 1 is 1.26 bits per heavy atom. The summed E-state index contributed by atoms with van der Waals surface area (Å²) in [6.07, 6.45) is 11.1. The number of carbonyl (C=O) groups excluding carboxylic acids is 1. The van der Waals surface area contributed by atoms with Gasteiger partial charge in [-0.3, -0.25) is 9.36 Å². The number of aromatic hydroxyl groups is 1. The van der Waals surface area contributed by atoms with E-state index in [1.54, 1.807) is 31.0 Å². The van der Waals surface area contributed by atoms with Crippen molar-refractivity contribution in [2.45, 2.75) is 57.5 Å². The normalized spacial score (nSPS) is 17.4. The molecule has 0 saturated heterocycles. The molecule has 2 aromatic rings. The van der Waals surface area contributed by atoms with Crippen LogP contribution in [0.3, 0.4) is 0 Å². The molecule has 0 fully saturated rings. The maximum atomic E-state index is 12.4. The Labute approximate surface area is 206 Å². The zero-order valence-electron chi connectivity index (χ0n) is 20.4. The minimum absolute atomic E-state index is 0.0578. The number of allylic oxidation sites excluding steroid dienone is 3. The number of benzene rings is 1. The largest absolute Gasteiger partial charge is 0.508 e. The Balaban J connectivity index is 1.52. The van der Waals surface area contributed by atoms with Crippen molar-refractivity contribution < 1.29 is 14.6 Å². The van der Waals surface area contributed by atoms with Crippen molar-refractivity contribution >= 4 is 17.7 Å². The standard InChI is InChI=1S/C26H36N4O3S/c1-4-5-16-34-26-29-28-24(30(26)20-11-9-12-21(31)17-20)14-6-7-15-25(32)27-18-22-19(2)10-8-13-23(22)33-3/h8-13,17,19,22,31H,4-7,14-16,18H2,1-3H3,(H,27,32). The molecule has 1 aliphatic carbocycles. The Kier molecular flexibility index (Phi) is 10.1. The van der Waals surface area contributed by atoms with Crippen molar-refractivity contribution in [2.24, 2.45) is 11.8 Å². The number of unbranched alkanes of at least 4 members (excludes halogenated alkanes) is 2. The summed E-state index contributed by atoms with van der Waals surface area (Å²) in [7, 11) is 1.68. The second kappa shape index (κ2) is 13.2. The van der Waals surface area contributed by atoms with Gasteiger partial charge in [0.2, 0.25) is 5.91 Å². The van der Waals surface area contributed by atoms with E-state index in [0.29, 0.717) is 25.3 Å². The highest BCUT2D eigenvalue weighted by Crippen LogP contribution is 2.27. The van der Waals surface area contributed by atoms with Gasteiger partial charge in [0.05, 0.1) is 12.8 Å². The molecule has 1 heterocycles. The van der Waals surface area contributed by atoms with Crippen LogP contribution in [-0.4, -0.2) is 45.2 Å². The Morgan fingerprint density at radius 3 is 2.88 bits per heavy atom. The molecule has 2 unspecified atom stereocenters. The number of phenolic OH excluding ortho intramolecular Hbond substituents is 1. The number of aryl methyl sites for hydroxylation is 1. The first-order chi connectivity index (χ1) is 16.5. The van der Waals surface area contributed by atoms with Gasteiger partial charge >= 0.3 is 0 Å². The number of amides is 1. The zero-order valence-corrected chi connectivity index (χ0v) is 21.2. The molecule has 1 amide bonds. The van der Waals surface area contributed by atoms with Crippen molar-refractivity contribution in [2.75, 3.05) is 19.4 Å². The highest BCUT2D eigenvalue weighted by molar-refractivity contribution is 7.99. The zero-order chi connectivity index (χ0) is 24.3. The third-order valence-electron chi connectivity index (χ3n) is 6.00. The van der Waals surface area contributed by atoms with Crippen molar-refractivity contribution in [1.82, 2.24) is 20.1 Å². The molecule has 1 aromatic heterocycles. The lowest BCUT2D eigenvalue weighted by Crippen LogP contribution is -2.33. The first-order valence-corrected chi connectivity index (χ1v) is 13.1. The van der Waals surface area contributed by atoms with Crippen LogP contribution in [-0.2, 0) is 16.0 Å². The fourth-order valence-corrected chi connectivity index (χ4v) is 5.04. The summed E-state index contributed by atoms with van der Waals surface area (Å²) < 4.78 is 7.49. The summed E-state index contributed by atoms with van der Waals surface area (Å²) in [4.78, 5) is 12.4. The van der Waals surface area contributed by atoms with E-state index < -0.39 is 0 Å². The monoisotopic (exact) mass is 484 g/mol. The van der Waals surface area contributed by atoms with Crippen LogP contribution < -0.4 is 5.32 Å². The number of thioether (sulfide) groups is 1. The van der Waals surface area contributed by atoms with Gasteiger partial charge in [-0.1, -0.05) is 50.2 Å². The van der Waals surface area contributed by atoms with Gasteiger partial charge in [-0.25, -0.2) is 0 Å². The summed E-state index contributed by atoms with van der Waals surface area (Å²) in [5, 5.41) is 22.7. The highest BCUT2D eigenvalue weighted by Gasteiger charge is 2.23. The Morgan fingerprint density at radius 2 is 2.12 bits per heavy atom. The van der Waals surface area contributed by atoms with Crippen molar-refractivity contribution in [1.29, 1.82) is 0 Å². The molecule has 0 spiro atoms. The van der Waals surface area contributed by atoms with Gasteiger partial charge < -0.3 is 15.2 Å². The van der Waals surface area contributed by atoms with E-state index in [2.05, 4.69) is 35.4 Å². The summed E-state index contributed by atoms with van der Waals surface area (Å²) >= 11 is 1.68. The van der Waals surface area contributed by atoms with Gasteiger partial charge in [-0.05, 0) is 43.4 Å². The van der Waals surface area contributed by atoms with Crippen LogP contribution in [0.4, 0.5) is 0 Å². The third-order valence-corrected chi connectivity index (χ3v) is 7.02. The first-order valence-electron chi connectivity index (χ1n) is 12.1. The van der Waals surface area contributed by atoms with E-state index in [1.165, 1.54) is 0 Å². The quantitative estimate of drug-likeness (QED) is 0.306. The topological polar surface area (TPSA) is 89.3 Å². The van der Waals surface area contributed by atoms with Gasteiger partial charge in [-0.15, -0.1) is 10.2 Å². The second-order valence-corrected chi connectivity index (χ2v) is 9.65. The number of hydrogen-bond acceptors (Lipinski definition) is 6. The number of aromatic nitrogens is 3. The van der Waals surface area contributed by atoms with Gasteiger partial charge in [0.1, 0.15) is 17.3 Å². The molecule has 1 aliphatic rings. The molecule has 184 valence electrons. The first kappa shape index (κ1) is 25.9. The Bertz CT molecular complexity index is 1000. The van der Waals surface area contributed by atoms with E-state index >= 15 is 0 Å². The summed E-state index contributed by atoms with van der Waals surface area (Å²) in [6, 6.07) is 7.17. The van der Waals surface area contributed by atoms with Crippen LogP contribution in [0.1, 0.15) is 51.8 Å². The molecule has 34 heavy (non-hydrogen) atoms. The van der Waals surface area contributed by atoms with Crippen molar-refractivity contribution in [3.63, 3.8) is 0 Å². The van der Waals surface area contributed by atoms with Crippen LogP contribution >= 0.6 is 11.8 Å². The second-order valence-electron chi connectivity index (χ2n) is 8.59. The van der Waals surface area contributed by atoms with Crippen LogP contribution in [0.25, 0.3) is 5.69 Å². The van der Waals surface area contributed by atoms with Crippen LogP contribution in [0.2, 0.25) is 0 Å². The molecule has 3 rings (SSSR count). The third kappa shape index (κ3) is 7.13. The van der Waals surface area contributed by atoms with E-state index in [4.69, 9.17) is 4.74 Å². The molecular formula is C26H36N4O3S. The summed E-state index contributed by atoms with van der Waals surface area (Å²) in [6.45, 7) is 4.88. The molecule has 0 radical (unpaired) electrons. The molecular weight excluding hydrogens is 448 g/mol. The minimum Gasteiger partial charge on any atom is -0.508 e. The number of carbonyl (C=O) groups is 1. The van der Waals surface area contributed by atoms with Gasteiger partial charge in [-0.2, -0.15) is 0 Å². The van der Waals surface area contributed by atoms with Crippen LogP contribution in [0, 0.1) is 11.8 Å². The lowest BCUT2D eigenvalue weighted by atomic mass is 9.88. The lowest BCUT2D eigenvalue weighted by molar-refractivity contribution is -0.121. The average molecular weight is 485 g/mol. The average Bonchev–Trinajstić information content (AvgIpc) is 3.23. The van der Waals surface area contributed by atoms with E-state index in [-0.39, 0.29) is 17.6 Å². The maximum absolute atomic E-state index is 12.4. The SMILES string of the molecule is CCCCSc1nnc(CCCCC(=O)NCC2C(OC)=CC=CC2C)n1-c1cccc(O)c1. The summed E-state index contributed by atoms with van der Waals surface area (Å²) in [5.74, 6) is 3.51. The number of nitrogens with one attached hydrogen (secondary N) is 1. The molecule has 8 heteroatoms. The molecule has 0 saturated carbocycles. The number of ether oxygens (including phenoxy) is 1. The molecule has 0 bridgehead atoms. The molecule has 2 atom stereocenters. The van der Waals surface area contributed by atoms with Crippen molar-refractivity contribution in [3.05, 3.63) is 54.1 Å².